The Hall–Kier alpha value is -4.14. The Bertz CT molecular complexity index is 1620. The summed E-state index contributed by atoms with van der Waals surface area (Å²) in [6.45, 7) is 13.9. The largest absolute Gasteiger partial charge is 0.394 e. The maximum absolute atomic E-state index is 12.8. The quantitative estimate of drug-likeness (QED) is 0.117. The highest BCUT2D eigenvalue weighted by molar-refractivity contribution is 5.83. The predicted octanol–water partition coefficient (Wildman–Crippen LogP) is 3.22. The van der Waals surface area contributed by atoms with Crippen LogP contribution in [0.25, 0.3) is 11.2 Å². The average molecular weight is 675 g/mol. The molecule has 2 aromatic carbocycles. The number of benzene rings is 2. The summed E-state index contributed by atoms with van der Waals surface area (Å²) in [6, 6.07) is 17.3. The fourth-order valence-electron chi connectivity index (χ4n) is 6.32. The molecule has 1 saturated heterocycles. The van der Waals surface area contributed by atoms with Gasteiger partial charge in [-0.1, -0.05) is 59.7 Å². The maximum Gasteiger partial charge on any atom is 0.315 e. The number of aliphatic hydroxyl groups is 3. The normalized spacial score (nSPS) is 19.4. The molecule has 0 aliphatic carbocycles. The van der Waals surface area contributed by atoms with E-state index in [0.29, 0.717) is 54.5 Å². The van der Waals surface area contributed by atoms with Crippen molar-refractivity contribution >= 4 is 23.0 Å². The Morgan fingerprint density at radius 3 is 2.08 bits per heavy atom. The van der Waals surface area contributed by atoms with Crippen LogP contribution >= 0.6 is 0 Å². The van der Waals surface area contributed by atoms with Crippen molar-refractivity contribution in [3.8, 4) is 0 Å². The lowest BCUT2D eigenvalue weighted by atomic mass is 9.90. The number of carbonyl (C=O) groups excluding carboxylic acids is 1. The Balaban J connectivity index is 1.42. The lowest BCUT2D eigenvalue weighted by Crippen LogP contribution is -2.44. The highest BCUT2D eigenvalue weighted by atomic mass is 16.6. The number of aliphatic hydroxyl groups excluding tert-OH is 3. The van der Waals surface area contributed by atoms with Crippen LogP contribution in [0.5, 0.6) is 0 Å². The van der Waals surface area contributed by atoms with Gasteiger partial charge in [-0.05, 0) is 52.7 Å². The number of carbonyl (C=O) groups is 1. The number of rotatable bonds is 14. The van der Waals surface area contributed by atoms with Crippen molar-refractivity contribution in [1.29, 1.82) is 0 Å². The first kappa shape index (κ1) is 36.1. The minimum atomic E-state index is -1.32. The van der Waals surface area contributed by atoms with Gasteiger partial charge in [0, 0.05) is 37.6 Å². The van der Waals surface area contributed by atoms with E-state index >= 15 is 0 Å². The molecule has 0 unspecified atom stereocenters. The van der Waals surface area contributed by atoms with Gasteiger partial charge in [0.15, 0.2) is 29.0 Å². The number of fused-ring (bicyclic) bond motifs is 1. The third-order valence-corrected chi connectivity index (χ3v) is 9.08. The van der Waals surface area contributed by atoms with Gasteiger partial charge in [0.2, 0.25) is 0 Å². The van der Waals surface area contributed by atoms with E-state index in [4.69, 9.17) is 14.7 Å². The van der Waals surface area contributed by atoms with Crippen LogP contribution in [-0.2, 0) is 11.3 Å². The fraction of sp³-hybridized carbons (Fsp3) is 0.500. The van der Waals surface area contributed by atoms with Crippen LogP contribution in [0.1, 0.15) is 67.9 Å². The second-order valence-corrected chi connectivity index (χ2v) is 13.3. The summed E-state index contributed by atoms with van der Waals surface area (Å²) in [5.41, 5.74) is 5.39. The van der Waals surface area contributed by atoms with E-state index < -0.39 is 31.1 Å². The summed E-state index contributed by atoms with van der Waals surface area (Å²) in [4.78, 5) is 29.2. The summed E-state index contributed by atoms with van der Waals surface area (Å²) < 4.78 is 7.33. The van der Waals surface area contributed by atoms with Crippen molar-refractivity contribution in [2.45, 2.75) is 90.6 Å². The van der Waals surface area contributed by atoms with E-state index in [2.05, 4.69) is 116 Å². The van der Waals surface area contributed by atoms with Crippen LogP contribution in [0.4, 0.5) is 10.6 Å². The molecule has 0 radical (unpaired) electrons. The average Bonchev–Trinajstić information content (AvgIpc) is 3.62. The Kier molecular flexibility index (Phi) is 11.8. The lowest BCUT2D eigenvalue weighted by Gasteiger charge is -2.30. The molecule has 264 valence electrons. The molecular weight excluding hydrogens is 624 g/mol. The van der Waals surface area contributed by atoms with Crippen molar-refractivity contribution in [1.82, 2.24) is 35.1 Å². The minimum absolute atomic E-state index is 0.0163. The summed E-state index contributed by atoms with van der Waals surface area (Å²) >= 11 is 0. The van der Waals surface area contributed by atoms with Crippen LogP contribution in [0.15, 0.2) is 54.9 Å². The highest BCUT2D eigenvalue weighted by Crippen LogP contribution is 2.33. The fourth-order valence-corrected chi connectivity index (χ4v) is 6.32. The van der Waals surface area contributed by atoms with Gasteiger partial charge in [-0.25, -0.2) is 19.7 Å². The van der Waals surface area contributed by atoms with Gasteiger partial charge in [-0.2, -0.15) is 0 Å². The zero-order valence-corrected chi connectivity index (χ0v) is 29.2. The summed E-state index contributed by atoms with van der Waals surface area (Å²) in [6.07, 6.45) is -3.14. The number of imidazole rings is 1. The molecule has 0 saturated carbocycles. The van der Waals surface area contributed by atoms with E-state index in [1.54, 1.807) is 0 Å². The molecule has 4 aromatic rings. The number of anilines is 1. The number of nitrogens with zero attached hydrogens (tertiary/aromatic N) is 5. The molecule has 6 N–H and O–H groups in total. The molecule has 0 spiro atoms. The molecule has 3 heterocycles. The summed E-state index contributed by atoms with van der Waals surface area (Å²) in [5, 5.41) is 40.2. The second-order valence-electron chi connectivity index (χ2n) is 13.3. The van der Waals surface area contributed by atoms with Gasteiger partial charge in [0.1, 0.15) is 18.3 Å². The SMILES string of the molecule is Cc1ccc(C(CNc2nc(CNC(=O)NCCN(C(C)C)C(C)C)nc3c2ncn3[C@@H]2O[C@H](CO)[C@@H](O)[C@@H]2O)c2ccc(C)cc2)cc1. The number of amides is 2. The Labute approximate surface area is 287 Å². The molecule has 4 atom stereocenters. The van der Waals surface area contributed by atoms with Crippen molar-refractivity contribution in [3.63, 3.8) is 0 Å². The molecule has 1 aliphatic heterocycles. The van der Waals surface area contributed by atoms with Gasteiger partial charge in [0.05, 0.1) is 19.5 Å². The minimum Gasteiger partial charge on any atom is -0.394 e. The van der Waals surface area contributed by atoms with Crippen LogP contribution in [0.3, 0.4) is 0 Å². The van der Waals surface area contributed by atoms with Crippen molar-refractivity contribution in [2.24, 2.45) is 0 Å². The Morgan fingerprint density at radius 1 is 0.918 bits per heavy atom. The molecule has 5 rings (SSSR count). The number of aromatic nitrogens is 4. The Morgan fingerprint density at radius 2 is 1.53 bits per heavy atom. The molecule has 0 bridgehead atoms. The molecule has 13 heteroatoms. The number of ether oxygens (including phenoxy) is 1. The van der Waals surface area contributed by atoms with E-state index in [1.807, 2.05) is 0 Å². The first-order valence-electron chi connectivity index (χ1n) is 17.0. The molecule has 49 heavy (non-hydrogen) atoms. The van der Waals surface area contributed by atoms with Gasteiger partial charge >= 0.3 is 6.03 Å². The van der Waals surface area contributed by atoms with Crippen molar-refractivity contribution in [3.05, 3.63) is 82.9 Å². The van der Waals surface area contributed by atoms with E-state index in [0.717, 1.165) is 11.1 Å². The first-order valence-corrected chi connectivity index (χ1v) is 17.0. The van der Waals surface area contributed by atoms with Crippen LogP contribution < -0.4 is 16.0 Å². The molecular formula is C36H50N8O5. The van der Waals surface area contributed by atoms with Gasteiger partial charge in [-0.3, -0.25) is 9.47 Å². The molecule has 1 fully saturated rings. The maximum atomic E-state index is 12.8. The lowest BCUT2D eigenvalue weighted by molar-refractivity contribution is -0.0511. The van der Waals surface area contributed by atoms with Gasteiger partial charge in [-0.15, -0.1) is 0 Å². The van der Waals surface area contributed by atoms with Crippen LogP contribution in [0.2, 0.25) is 0 Å². The number of urea groups is 1. The second kappa shape index (κ2) is 16.0. The highest BCUT2D eigenvalue weighted by Gasteiger charge is 2.44. The predicted molar refractivity (Wildman–Crippen MR) is 188 cm³/mol. The van der Waals surface area contributed by atoms with Crippen LogP contribution in [0, 0.1) is 13.8 Å². The van der Waals surface area contributed by atoms with E-state index in [1.165, 1.54) is 22.0 Å². The smallest absolute Gasteiger partial charge is 0.315 e. The number of hydrogen-bond donors (Lipinski definition) is 6. The van der Waals surface area contributed by atoms with Crippen molar-refractivity contribution < 1.29 is 24.9 Å². The van der Waals surface area contributed by atoms with E-state index in [9.17, 15) is 20.1 Å². The number of hydrogen-bond acceptors (Lipinski definition) is 10. The third kappa shape index (κ3) is 8.54. The zero-order chi connectivity index (χ0) is 35.2. The third-order valence-electron chi connectivity index (χ3n) is 9.08. The van der Waals surface area contributed by atoms with Gasteiger partial charge in [0.25, 0.3) is 0 Å². The molecule has 1 aliphatic rings. The summed E-state index contributed by atoms with van der Waals surface area (Å²) in [7, 11) is 0. The van der Waals surface area contributed by atoms with E-state index in [-0.39, 0.29) is 18.5 Å². The molecule has 13 nitrogen and oxygen atoms in total. The van der Waals surface area contributed by atoms with Crippen LogP contribution in [-0.4, -0.2) is 102 Å². The summed E-state index contributed by atoms with van der Waals surface area (Å²) in [5.74, 6) is 0.741. The van der Waals surface area contributed by atoms with Crippen molar-refractivity contribution in [2.75, 3.05) is 31.6 Å². The monoisotopic (exact) mass is 674 g/mol. The molecule has 2 amide bonds. The van der Waals surface area contributed by atoms with Gasteiger partial charge < -0.3 is 36.0 Å². The topological polar surface area (TPSA) is 170 Å². The molecule has 2 aromatic heterocycles. The standard InChI is InChI=1S/C36H50N8O5/c1-21(2)43(22(3)4)16-15-37-36(48)39-18-29-41-33(30-34(42-29)44(20-40-30)35-32(47)31(46)28(19-45)49-35)38-17-27(25-11-7-23(5)8-12-25)26-13-9-24(6)10-14-26/h7-14,20-22,27-28,31-32,35,45-47H,15-19H2,1-6H3,(H2,37,39,48)(H,38,41,42)/t28-,31-,32+,35-/m1/s1. The zero-order valence-electron chi connectivity index (χ0n) is 29.2. The number of aryl methyl sites for hydroxylation is 2. The number of nitrogens with one attached hydrogen (secondary N) is 3. The first-order chi connectivity index (χ1) is 23.5.